The fraction of sp³-hybridized carbons (Fsp3) is 0.189. The van der Waals surface area contributed by atoms with Crippen molar-refractivity contribution >= 4 is 45.7 Å². The van der Waals surface area contributed by atoms with Crippen molar-refractivity contribution in [3.05, 3.63) is 143 Å². The summed E-state index contributed by atoms with van der Waals surface area (Å²) in [5.41, 5.74) is 11.5. The third-order valence-electron chi connectivity index (χ3n) is 7.21. The number of hydrogen-bond donors (Lipinski definition) is 0. The van der Waals surface area contributed by atoms with Gasteiger partial charge >= 0.3 is 0 Å². The highest BCUT2D eigenvalue weighted by Gasteiger charge is 2.19. The Balaban J connectivity index is 1.67. The molecule has 0 atom stereocenters. The summed E-state index contributed by atoms with van der Waals surface area (Å²) in [7, 11) is 0. The van der Waals surface area contributed by atoms with Gasteiger partial charge in [0, 0.05) is 39.1 Å². The van der Waals surface area contributed by atoms with Crippen molar-refractivity contribution in [1.82, 2.24) is 0 Å². The molecule has 40 heavy (non-hydrogen) atoms. The second-order valence-electron chi connectivity index (χ2n) is 11.6. The minimum absolute atomic E-state index is 0.0818. The number of aryl methyl sites for hydroxylation is 3. The molecule has 0 saturated heterocycles. The minimum Gasteiger partial charge on any atom is -0.310 e. The van der Waals surface area contributed by atoms with Gasteiger partial charge in [0.25, 0.3) is 0 Å². The van der Waals surface area contributed by atoms with Crippen LogP contribution in [-0.2, 0) is 5.41 Å². The lowest BCUT2D eigenvalue weighted by atomic mass is 9.87. The highest BCUT2D eigenvalue weighted by molar-refractivity contribution is 6.31. The molecule has 202 valence electrons. The average molecular weight is 545 g/mol. The summed E-state index contributed by atoms with van der Waals surface area (Å²) in [5.74, 6) is 0. The third kappa shape index (κ3) is 6.08. The maximum absolute atomic E-state index is 6.59. The maximum Gasteiger partial charge on any atom is 0.0482 e. The molecule has 0 bridgehead atoms. The molecule has 0 N–H and O–H groups in total. The van der Waals surface area contributed by atoms with E-state index in [4.69, 9.17) is 11.6 Å². The molecule has 3 heteroatoms. The first-order valence-electron chi connectivity index (χ1n) is 13.8. The van der Waals surface area contributed by atoms with Crippen LogP contribution in [0.5, 0.6) is 0 Å². The van der Waals surface area contributed by atoms with Gasteiger partial charge in [-0.15, -0.1) is 0 Å². The van der Waals surface area contributed by atoms with E-state index >= 15 is 0 Å². The minimum atomic E-state index is 0.0818. The molecule has 0 aliphatic rings. The van der Waals surface area contributed by atoms with Crippen molar-refractivity contribution in [1.29, 1.82) is 0 Å². The monoisotopic (exact) mass is 544 g/mol. The van der Waals surface area contributed by atoms with Crippen molar-refractivity contribution < 1.29 is 0 Å². The predicted molar refractivity (Wildman–Crippen MR) is 174 cm³/mol. The van der Waals surface area contributed by atoms with Gasteiger partial charge in [-0.05, 0) is 110 Å². The first-order chi connectivity index (χ1) is 19.1. The number of anilines is 6. The normalized spacial score (nSPS) is 11.4. The maximum atomic E-state index is 6.59. The van der Waals surface area contributed by atoms with E-state index in [1.54, 1.807) is 0 Å². The number of rotatable bonds is 6. The highest BCUT2D eigenvalue weighted by Crippen LogP contribution is 2.41. The fourth-order valence-corrected chi connectivity index (χ4v) is 5.29. The summed E-state index contributed by atoms with van der Waals surface area (Å²) in [6.45, 7) is 13.1. The van der Waals surface area contributed by atoms with E-state index in [2.05, 4.69) is 154 Å². The van der Waals surface area contributed by atoms with Crippen LogP contribution in [0.1, 0.15) is 43.0 Å². The molecule has 5 aromatic rings. The van der Waals surface area contributed by atoms with Crippen LogP contribution in [0.4, 0.5) is 34.1 Å². The van der Waals surface area contributed by atoms with E-state index in [9.17, 15) is 0 Å². The van der Waals surface area contributed by atoms with Gasteiger partial charge in [-0.25, -0.2) is 0 Å². The number of benzene rings is 5. The smallest absolute Gasteiger partial charge is 0.0482 e. The van der Waals surface area contributed by atoms with Crippen molar-refractivity contribution in [2.45, 2.75) is 47.0 Å². The van der Waals surface area contributed by atoms with Gasteiger partial charge in [0.2, 0.25) is 0 Å². The lowest BCUT2D eigenvalue weighted by Crippen LogP contribution is -2.14. The Morgan fingerprint density at radius 1 is 0.450 bits per heavy atom. The third-order valence-corrected chi connectivity index (χ3v) is 7.43. The summed E-state index contributed by atoms with van der Waals surface area (Å²) in [5, 5.41) is 0.725. The Labute approximate surface area is 244 Å². The first kappa shape index (κ1) is 27.6. The van der Waals surface area contributed by atoms with Gasteiger partial charge in [0.1, 0.15) is 0 Å². The molecule has 0 fully saturated rings. The topological polar surface area (TPSA) is 6.48 Å². The molecule has 5 aromatic carbocycles. The van der Waals surface area contributed by atoms with E-state index in [1.807, 2.05) is 12.1 Å². The van der Waals surface area contributed by atoms with Crippen molar-refractivity contribution in [3.63, 3.8) is 0 Å². The Morgan fingerprint density at radius 3 is 1.35 bits per heavy atom. The zero-order valence-electron chi connectivity index (χ0n) is 24.2. The average Bonchev–Trinajstić information content (AvgIpc) is 2.91. The molecule has 0 saturated carbocycles. The molecule has 0 amide bonds. The number of halogens is 1. The molecule has 5 rings (SSSR count). The zero-order valence-corrected chi connectivity index (χ0v) is 25.0. The van der Waals surface area contributed by atoms with Crippen LogP contribution < -0.4 is 9.80 Å². The fourth-order valence-electron chi connectivity index (χ4n) is 5.01. The Morgan fingerprint density at radius 2 is 0.900 bits per heavy atom. The van der Waals surface area contributed by atoms with Crippen LogP contribution >= 0.6 is 11.6 Å². The zero-order chi connectivity index (χ0) is 28.4. The molecule has 0 aromatic heterocycles. The first-order valence-corrected chi connectivity index (χ1v) is 14.2. The van der Waals surface area contributed by atoms with Crippen LogP contribution in [0.3, 0.4) is 0 Å². The predicted octanol–water partition coefficient (Wildman–Crippen LogP) is 11.5. The van der Waals surface area contributed by atoms with Crippen molar-refractivity contribution in [3.8, 4) is 0 Å². The second-order valence-corrected chi connectivity index (χ2v) is 12.1. The lowest BCUT2D eigenvalue weighted by Gasteiger charge is -2.30. The van der Waals surface area contributed by atoms with Gasteiger partial charge in [-0.1, -0.05) is 86.0 Å². The lowest BCUT2D eigenvalue weighted by molar-refractivity contribution is 0.590. The molecular formula is C37H37ClN2. The number of hydrogen-bond acceptors (Lipinski definition) is 2. The summed E-state index contributed by atoms with van der Waals surface area (Å²) < 4.78 is 0. The van der Waals surface area contributed by atoms with Crippen LogP contribution in [0, 0.1) is 20.8 Å². The Hall–Kier alpha value is -4.01. The van der Waals surface area contributed by atoms with Crippen LogP contribution in [0.2, 0.25) is 5.02 Å². The number of nitrogens with zero attached hydrogens (tertiary/aromatic N) is 2. The summed E-state index contributed by atoms with van der Waals surface area (Å²) >= 11 is 6.59. The van der Waals surface area contributed by atoms with Crippen LogP contribution in [0.15, 0.2) is 115 Å². The Bertz CT molecular complexity index is 1530. The van der Waals surface area contributed by atoms with Gasteiger partial charge in [0.05, 0.1) is 0 Å². The van der Waals surface area contributed by atoms with E-state index in [-0.39, 0.29) is 5.41 Å². The summed E-state index contributed by atoms with van der Waals surface area (Å²) in [4.78, 5) is 4.60. The summed E-state index contributed by atoms with van der Waals surface area (Å²) in [6, 6.07) is 41.2. The van der Waals surface area contributed by atoms with Gasteiger partial charge in [0.15, 0.2) is 0 Å². The quantitative estimate of drug-likeness (QED) is 0.210. The van der Waals surface area contributed by atoms with Gasteiger partial charge in [-0.3, -0.25) is 0 Å². The molecule has 0 aliphatic heterocycles. The van der Waals surface area contributed by atoms with Gasteiger partial charge in [-0.2, -0.15) is 0 Å². The van der Waals surface area contributed by atoms with E-state index in [1.165, 1.54) is 16.7 Å². The van der Waals surface area contributed by atoms with E-state index < -0.39 is 0 Å². The molecule has 0 radical (unpaired) electrons. The molecule has 0 heterocycles. The van der Waals surface area contributed by atoms with Crippen molar-refractivity contribution in [2.24, 2.45) is 0 Å². The van der Waals surface area contributed by atoms with Crippen molar-refractivity contribution in [2.75, 3.05) is 9.80 Å². The molecule has 0 unspecified atom stereocenters. The SMILES string of the molecule is Cc1ccc(N(c2ccc(C)cc2)c2cccc(N(c3ccc(C(C)(C)C)cc3)c3cc(C)cc(Cl)c3)c2)cc1. The van der Waals surface area contributed by atoms with E-state index in [0.29, 0.717) is 0 Å². The largest absolute Gasteiger partial charge is 0.310 e. The molecule has 0 aliphatic carbocycles. The van der Waals surface area contributed by atoms with Crippen LogP contribution in [0.25, 0.3) is 0 Å². The Kier molecular flexibility index (Phi) is 7.74. The molecule has 0 spiro atoms. The molecule has 2 nitrogen and oxygen atoms in total. The highest BCUT2D eigenvalue weighted by atomic mass is 35.5. The van der Waals surface area contributed by atoms with Crippen LogP contribution in [-0.4, -0.2) is 0 Å². The van der Waals surface area contributed by atoms with Gasteiger partial charge < -0.3 is 9.80 Å². The van der Waals surface area contributed by atoms with E-state index in [0.717, 1.165) is 44.7 Å². The standard InChI is InChI=1S/C37H37ClN2/c1-26-10-16-31(17-11-26)39(32-18-12-27(2)13-19-32)34-8-7-9-35(25-34)40(36-23-28(3)22-30(38)24-36)33-20-14-29(15-21-33)37(4,5)6/h7-25H,1-6H3. The molecular weight excluding hydrogens is 508 g/mol. The second kappa shape index (κ2) is 11.2. The summed E-state index contributed by atoms with van der Waals surface area (Å²) in [6.07, 6.45) is 0.